The van der Waals surface area contributed by atoms with E-state index in [1.54, 1.807) is 6.20 Å². The summed E-state index contributed by atoms with van der Waals surface area (Å²) in [4.78, 5) is 16.5. The third kappa shape index (κ3) is 6.56. The van der Waals surface area contributed by atoms with Crippen LogP contribution in [-0.2, 0) is 19.0 Å². The Morgan fingerprint density at radius 1 is 1.38 bits per heavy atom. The summed E-state index contributed by atoms with van der Waals surface area (Å²) in [7, 11) is 1.41. The van der Waals surface area contributed by atoms with E-state index >= 15 is 0 Å². The maximum atomic E-state index is 12.2. The van der Waals surface area contributed by atoms with Crippen molar-refractivity contribution in [2.24, 2.45) is 5.41 Å². The SMILES string of the molecule is COC(=O)C(C[C@H](C)O[C@H]1CCC[C@H](C(C)(C)C)O1)Sc1ccccn1. The molecule has 4 atom stereocenters. The van der Waals surface area contributed by atoms with Gasteiger partial charge in [0.05, 0.1) is 24.3 Å². The molecule has 0 radical (unpaired) electrons. The Bertz CT molecular complexity index is 561. The minimum Gasteiger partial charge on any atom is -0.468 e. The smallest absolute Gasteiger partial charge is 0.319 e. The monoisotopic (exact) mass is 381 g/mol. The first-order valence-corrected chi connectivity index (χ1v) is 10.1. The highest BCUT2D eigenvalue weighted by Crippen LogP contribution is 2.33. The summed E-state index contributed by atoms with van der Waals surface area (Å²) in [5.74, 6) is -0.256. The topological polar surface area (TPSA) is 57.7 Å². The molecular weight excluding hydrogens is 350 g/mol. The van der Waals surface area contributed by atoms with E-state index in [1.807, 2.05) is 25.1 Å². The number of rotatable bonds is 7. The Morgan fingerprint density at radius 3 is 2.77 bits per heavy atom. The number of nitrogens with zero attached hydrogens (tertiary/aromatic N) is 1. The predicted octanol–water partition coefficient (Wildman–Crippen LogP) is 4.45. The Morgan fingerprint density at radius 2 is 2.15 bits per heavy atom. The second-order valence-corrected chi connectivity index (χ2v) is 9.05. The molecule has 1 fully saturated rings. The quantitative estimate of drug-likeness (QED) is 0.514. The van der Waals surface area contributed by atoms with Crippen LogP contribution in [-0.4, -0.2) is 41.8 Å². The minimum absolute atomic E-state index is 0.106. The molecule has 1 aliphatic heterocycles. The third-order valence-electron chi connectivity index (χ3n) is 4.48. The lowest BCUT2D eigenvalue weighted by Gasteiger charge is -2.38. The van der Waals surface area contributed by atoms with E-state index in [0.717, 1.165) is 24.3 Å². The molecule has 0 aliphatic carbocycles. The molecule has 2 rings (SSSR count). The Kier molecular flexibility index (Phi) is 7.92. The van der Waals surface area contributed by atoms with Gasteiger partial charge in [0, 0.05) is 6.20 Å². The van der Waals surface area contributed by atoms with Crippen molar-refractivity contribution in [3.8, 4) is 0 Å². The molecule has 0 bridgehead atoms. The number of carbonyl (C=O) groups excluding carboxylic acids is 1. The lowest BCUT2D eigenvalue weighted by molar-refractivity contribution is -0.231. The van der Waals surface area contributed by atoms with Crippen molar-refractivity contribution in [3.05, 3.63) is 24.4 Å². The molecule has 146 valence electrons. The summed E-state index contributed by atoms with van der Waals surface area (Å²) in [6.45, 7) is 8.57. The molecule has 0 saturated carbocycles. The van der Waals surface area contributed by atoms with Gasteiger partial charge in [-0.1, -0.05) is 38.6 Å². The first kappa shape index (κ1) is 21.2. The molecule has 1 unspecified atom stereocenters. The van der Waals surface area contributed by atoms with E-state index in [2.05, 4.69) is 25.8 Å². The molecule has 0 N–H and O–H groups in total. The fourth-order valence-electron chi connectivity index (χ4n) is 3.03. The highest BCUT2D eigenvalue weighted by molar-refractivity contribution is 8.00. The van der Waals surface area contributed by atoms with Gasteiger partial charge in [-0.05, 0) is 50.2 Å². The van der Waals surface area contributed by atoms with Crippen LogP contribution in [0, 0.1) is 5.41 Å². The number of methoxy groups -OCH3 is 1. The molecule has 0 amide bonds. The third-order valence-corrected chi connectivity index (χ3v) is 5.64. The molecule has 2 heterocycles. The van der Waals surface area contributed by atoms with Crippen LogP contribution < -0.4 is 0 Å². The normalized spacial score (nSPS) is 23.3. The summed E-state index contributed by atoms with van der Waals surface area (Å²) < 4.78 is 17.2. The van der Waals surface area contributed by atoms with Gasteiger partial charge in [-0.3, -0.25) is 4.79 Å². The molecule has 1 aromatic rings. The van der Waals surface area contributed by atoms with Crippen LogP contribution in [0.5, 0.6) is 0 Å². The number of thioether (sulfide) groups is 1. The van der Waals surface area contributed by atoms with Crippen LogP contribution in [0.2, 0.25) is 0 Å². The van der Waals surface area contributed by atoms with Crippen molar-refractivity contribution in [2.75, 3.05) is 7.11 Å². The fourth-order valence-corrected chi connectivity index (χ4v) is 4.16. The second kappa shape index (κ2) is 9.72. The van der Waals surface area contributed by atoms with Crippen LogP contribution in [0.3, 0.4) is 0 Å². The lowest BCUT2D eigenvalue weighted by Crippen LogP contribution is -2.39. The molecular formula is C20H31NO4S. The summed E-state index contributed by atoms with van der Waals surface area (Å²) in [5, 5.41) is 0.448. The molecule has 1 aliphatic rings. The first-order valence-electron chi connectivity index (χ1n) is 9.26. The highest BCUT2D eigenvalue weighted by Gasteiger charge is 2.33. The molecule has 0 spiro atoms. The summed E-state index contributed by atoms with van der Waals surface area (Å²) in [6.07, 6.45) is 5.22. The van der Waals surface area contributed by atoms with Crippen LogP contribution in [0.25, 0.3) is 0 Å². The van der Waals surface area contributed by atoms with Gasteiger partial charge in [-0.15, -0.1) is 0 Å². The van der Waals surface area contributed by atoms with E-state index < -0.39 is 0 Å². The van der Waals surface area contributed by atoms with E-state index in [4.69, 9.17) is 14.2 Å². The number of aromatic nitrogens is 1. The Labute approximate surface area is 161 Å². The van der Waals surface area contributed by atoms with Gasteiger partial charge in [0.1, 0.15) is 5.25 Å². The van der Waals surface area contributed by atoms with Crippen LogP contribution in [0.4, 0.5) is 0 Å². The Balaban J connectivity index is 1.92. The maximum absolute atomic E-state index is 12.2. The molecule has 1 aromatic heterocycles. The van der Waals surface area contributed by atoms with Gasteiger partial charge in [0.25, 0.3) is 0 Å². The van der Waals surface area contributed by atoms with Crippen molar-refractivity contribution in [1.29, 1.82) is 0 Å². The van der Waals surface area contributed by atoms with Crippen molar-refractivity contribution >= 4 is 17.7 Å². The van der Waals surface area contributed by atoms with Gasteiger partial charge >= 0.3 is 5.97 Å². The van der Waals surface area contributed by atoms with Gasteiger partial charge in [0.2, 0.25) is 0 Å². The predicted molar refractivity (Wildman–Crippen MR) is 103 cm³/mol. The first-order chi connectivity index (χ1) is 12.3. The molecule has 26 heavy (non-hydrogen) atoms. The summed E-state index contributed by atoms with van der Waals surface area (Å²) >= 11 is 1.41. The van der Waals surface area contributed by atoms with Crippen LogP contribution >= 0.6 is 11.8 Å². The molecule has 5 nitrogen and oxygen atoms in total. The number of ether oxygens (including phenoxy) is 3. The summed E-state index contributed by atoms with van der Waals surface area (Å²) in [5.41, 5.74) is 0.106. The lowest BCUT2D eigenvalue weighted by atomic mass is 9.85. The average molecular weight is 382 g/mol. The van der Waals surface area contributed by atoms with Crippen molar-refractivity contribution in [3.63, 3.8) is 0 Å². The zero-order valence-electron chi connectivity index (χ0n) is 16.4. The van der Waals surface area contributed by atoms with Crippen molar-refractivity contribution in [2.45, 2.75) is 82.2 Å². The van der Waals surface area contributed by atoms with Crippen molar-refractivity contribution in [1.82, 2.24) is 4.98 Å². The van der Waals surface area contributed by atoms with Gasteiger partial charge in [-0.25, -0.2) is 4.98 Å². The zero-order chi connectivity index (χ0) is 19.2. The second-order valence-electron chi connectivity index (χ2n) is 7.83. The van der Waals surface area contributed by atoms with E-state index in [-0.39, 0.29) is 35.1 Å². The minimum atomic E-state index is -0.355. The van der Waals surface area contributed by atoms with Crippen LogP contribution in [0.15, 0.2) is 29.4 Å². The number of hydrogen-bond acceptors (Lipinski definition) is 6. The Hall–Kier alpha value is -1.11. The van der Waals surface area contributed by atoms with E-state index in [1.165, 1.54) is 18.9 Å². The molecule has 0 aromatic carbocycles. The molecule has 6 heteroatoms. The zero-order valence-corrected chi connectivity index (χ0v) is 17.3. The van der Waals surface area contributed by atoms with E-state index in [9.17, 15) is 4.79 Å². The van der Waals surface area contributed by atoms with Gasteiger partial charge < -0.3 is 14.2 Å². The average Bonchev–Trinajstić information content (AvgIpc) is 2.61. The number of carbonyl (C=O) groups is 1. The fraction of sp³-hybridized carbons (Fsp3) is 0.700. The maximum Gasteiger partial charge on any atom is 0.319 e. The number of hydrogen-bond donors (Lipinski definition) is 0. The molecule has 1 saturated heterocycles. The van der Waals surface area contributed by atoms with Gasteiger partial charge in [-0.2, -0.15) is 0 Å². The van der Waals surface area contributed by atoms with Crippen LogP contribution in [0.1, 0.15) is 53.4 Å². The van der Waals surface area contributed by atoms with E-state index in [0.29, 0.717) is 6.42 Å². The summed E-state index contributed by atoms with van der Waals surface area (Å²) in [6, 6.07) is 5.66. The number of pyridine rings is 1. The van der Waals surface area contributed by atoms with Crippen molar-refractivity contribution < 1.29 is 19.0 Å². The number of esters is 1. The highest BCUT2D eigenvalue weighted by atomic mass is 32.2. The largest absolute Gasteiger partial charge is 0.468 e. The standard InChI is InChI=1S/C20H31NO4S/c1-14(24-18-11-8-9-16(25-18)20(2,3)4)13-15(19(22)23-5)26-17-10-6-7-12-21-17/h6-7,10,12,14-16,18H,8-9,11,13H2,1-5H3/t14-,15?,16+,18+/m0/s1. The van der Waals surface area contributed by atoms with Gasteiger partial charge in [0.15, 0.2) is 6.29 Å².